The van der Waals surface area contributed by atoms with E-state index in [1.807, 2.05) is 62.4 Å². The Bertz CT molecular complexity index is 1300. The Hall–Kier alpha value is -3.05. The van der Waals surface area contributed by atoms with Gasteiger partial charge in [-0.15, -0.1) is 0 Å². The molecule has 0 aliphatic carbocycles. The van der Waals surface area contributed by atoms with Crippen LogP contribution >= 0.6 is 0 Å². The van der Waals surface area contributed by atoms with Gasteiger partial charge in [0.2, 0.25) is 0 Å². The van der Waals surface area contributed by atoms with E-state index in [1.165, 1.54) is 6.26 Å². The number of sulfone groups is 1. The third-order valence-electron chi connectivity index (χ3n) is 5.31. The minimum atomic E-state index is -3.42. The van der Waals surface area contributed by atoms with Crippen LogP contribution in [0.4, 0.5) is 5.69 Å². The molecule has 0 atom stereocenters. The maximum Gasteiger partial charge on any atom is 0.176 e. The number of nitrogens with one attached hydrogen (secondary N) is 1. The summed E-state index contributed by atoms with van der Waals surface area (Å²) >= 11 is 0. The number of benzene rings is 3. The summed E-state index contributed by atoms with van der Waals surface area (Å²) in [7, 11) is 0.585. The van der Waals surface area contributed by atoms with Gasteiger partial charge in [-0.25, -0.2) is 8.42 Å². The van der Waals surface area contributed by atoms with E-state index in [9.17, 15) is 8.42 Å². The van der Waals surface area contributed by atoms with E-state index in [0.29, 0.717) is 4.90 Å². The van der Waals surface area contributed by atoms with Gasteiger partial charge in [0.05, 0.1) is 4.90 Å². The topological polar surface area (TPSA) is 53.2 Å². The van der Waals surface area contributed by atoms with Gasteiger partial charge in [-0.2, -0.15) is 0 Å². The number of anilines is 1. The first-order chi connectivity index (χ1) is 13.8. The summed E-state index contributed by atoms with van der Waals surface area (Å²) in [6.07, 6.45) is 3.18. The maximum absolute atomic E-state index is 12.7. The summed E-state index contributed by atoms with van der Waals surface area (Å²) in [5.41, 5.74) is 6.72. The van der Waals surface area contributed by atoms with Crippen LogP contribution in [0, 0.1) is 6.92 Å². The molecule has 0 aliphatic rings. The van der Waals surface area contributed by atoms with Crippen LogP contribution in [-0.2, 0) is 9.84 Å². The van der Waals surface area contributed by atoms with Crippen molar-refractivity contribution < 1.29 is 8.42 Å². The van der Waals surface area contributed by atoms with Crippen molar-refractivity contribution in [1.82, 2.24) is 4.98 Å². The maximum atomic E-state index is 12.7. The lowest BCUT2D eigenvalue weighted by atomic mass is 9.90. The first-order valence-electron chi connectivity index (χ1n) is 9.45. The van der Waals surface area contributed by atoms with Crippen molar-refractivity contribution in [3.63, 3.8) is 0 Å². The molecule has 0 saturated carbocycles. The molecule has 5 heteroatoms. The van der Waals surface area contributed by atoms with Gasteiger partial charge in [-0.05, 0) is 47.9 Å². The van der Waals surface area contributed by atoms with Gasteiger partial charge in [0.15, 0.2) is 9.84 Å². The molecule has 0 unspecified atom stereocenters. The fraction of sp³-hybridized carbons (Fsp3) is 0.167. The van der Waals surface area contributed by atoms with E-state index in [-0.39, 0.29) is 0 Å². The van der Waals surface area contributed by atoms with Gasteiger partial charge in [0.1, 0.15) is 0 Å². The fourth-order valence-corrected chi connectivity index (χ4v) is 4.74. The minimum absolute atomic E-state index is 0.347. The van der Waals surface area contributed by atoms with Crippen molar-refractivity contribution in [2.45, 2.75) is 11.8 Å². The number of fused-ring (bicyclic) bond motifs is 1. The Morgan fingerprint density at radius 2 is 1.55 bits per heavy atom. The molecule has 0 amide bonds. The highest BCUT2D eigenvalue weighted by Gasteiger charge is 2.23. The summed E-state index contributed by atoms with van der Waals surface area (Å²) in [6, 6.07) is 19.8. The molecule has 4 aromatic rings. The number of hydrogen-bond donors (Lipinski definition) is 1. The molecule has 1 heterocycles. The Morgan fingerprint density at radius 3 is 2.21 bits per heavy atom. The van der Waals surface area contributed by atoms with Gasteiger partial charge in [-0.3, -0.25) is 0 Å². The number of aryl methyl sites for hydroxylation is 1. The van der Waals surface area contributed by atoms with E-state index in [2.05, 4.69) is 29.2 Å². The third kappa shape index (κ3) is 3.42. The molecule has 4 rings (SSSR count). The highest BCUT2D eigenvalue weighted by molar-refractivity contribution is 7.90. The van der Waals surface area contributed by atoms with Crippen LogP contribution in [0.5, 0.6) is 0 Å². The second kappa shape index (κ2) is 7.08. The molecule has 3 aromatic carbocycles. The lowest BCUT2D eigenvalue weighted by Gasteiger charge is -2.18. The van der Waals surface area contributed by atoms with E-state index < -0.39 is 9.84 Å². The first kappa shape index (κ1) is 19.3. The summed E-state index contributed by atoms with van der Waals surface area (Å²) < 4.78 is 25.4. The predicted molar refractivity (Wildman–Crippen MR) is 121 cm³/mol. The van der Waals surface area contributed by atoms with Crippen LogP contribution < -0.4 is 4.90 Å². The number of nitrogens with zero attached hydrogens (tertiary/aromatic N) is 1. The predicted octanol–water partition coefficient (Wildman–Crippen LogP) is 5.28. The average Bonchev–Trinajstić information content (AvgIpc) is 3.10. The second-order valence-corrected chi connectivity index (χ2v) is 9.58. The number of rotatable bonds is 4. The molecule has 0 spiro atoms. The van der Waals surface area contributed by atoms with E-state index in [4.69, 9.17) is 0 Å². The van der Waals surface area contributed by atoms with E-state index >= 15 is 0 Å². The monoisotopic (exact) mass is 404 g/mol. The quantitative estimate of drug-likeness (QED) is 0.503. The van der Waals surface area contributed by atoms with Crippen LogP contribution in [-0.4, -0.2) is 33.8 Å². The standard InChI is InChI=1S/C24H24N2O2S/c1-16-9-14-22(29(4,27)28)24(20-15-25-21-8-6-5-7-19(20)21)23(16)17-10-12-18(13-11-17)26(2)3/h5-15,25H,1-4H3. The Morgan fingerprint density at radius 1 is 0.862 bits per heavy atom. The number of para-hydroxylation sites is 1. The van der Waals surface area contributed by atoms with Gasteiger partial charge in [-0.1, -0.05) is 36.4 Å². The average molecular weight is 405 g/mol. The number of aromatic nitrogens is 1. The highest BCUT2D eigenvalue weighted by Crippen LogP contribution is 2.42. The number of H-pyrrole nitrogens is 1. The number of aromatic amines is 1. The van der Waals surface area contributed by atoms with Gasteiger partial charge >= 0.3 is 0 Å². The zero-order chi connectivity index (χ0) is 20.8. The van der Waals surface area contributed by atoms with Gasteiger partial charge in [0, 0.05) is 54.3 Å². The Labute approximate surface area is 171 Å². The van der Waals surface area contributed by atoms with Crippen LogP contribution in [0.25, 0.3) is 33.2 Å². The lowest BCUT2D eigenvalue weighted by Crippen LogP contribution is -2.08. The normalized spacial score (nSPS) is 11.7. The SMILES string of the molecule is Cc1ccc(S(C)(=O)=O)c(-c2c[nH]c3ccccc23)c1-c1ccc(N(C)C)cc1. The molecule has 1 N–H and O–H groups in total. The van der Waals surface area contributed by atoms with Gasteiger partial charge < -0.3 is 9.88 Å². The molecule has 0 fully saturated rings. The largest absolute Gasteiger partial charge is 0.378 e. The molecule has 29 heavy (non-hydrogen) atoms. The van der Waals surface area contributed by atoms with E-state index in [1.54, 1.807) is 6.07 Å². The summed E-state index contributed by atoms with van der Waals surface area (Å²) in [6.45, 7) is 2.03. The highest BCUT2D eigenvalue weighted by atomic mass is 32.2. The second-order valence-electron chi connectivity index (χ2n) is 7.59. The summed E-state index contributed by atoms with van der Waals surface area (Å²) in [4.78, 5) is 5.68. The Kier molecular flexibility index (Phi) is 4.71. The molecule has 0 saturated heterocycles. The smallest absolute Gasteiger partial charge is 0.176 e. The van der Waals surface area contributed by atoms with Crippen molar-refractivity contribution in [3.8, 4) is 22.3 Å². The fourth-order valence-electron chi connectivity index (χ4n) is 3.84. The van der Waals surface area contributed by atoms with Crippen LogP contribution in [0.2, 0.25) is 0 Å². The van der Waals surface area contributed by atoms with Crippen molar-refractivity contribution in [1.29, 1.82) is 0 Å². The Balaban J connectivity index is 2.08. The third-order valence-corrected chi connectivity index (χ3v) is 6.45. The van der Waals surface area contributed by atoms with Gasteiger partial charge in [0.25, 0.3) is 0 Å². The molecular weight excluding hydrogens is 380 g/mol. The molecular formula is C24H24N2O2S. The minimum Gasteiger partial charge on any atom is -0.378 e. The molecule has 4 nitrogen and oxygen atoms in total. The summed E-state index contributed by atoms with van der Waals surface area (Å²) in [5.74, 6) is 0. The zero-order valence-corrected chi connectivity index (χ0v) is 17.8. The summed E-state index contributed by atoms with van der Waals surface area (Å²) in [5, 5.41) is 1.01. The molecule has 0 bridgehead atoms. The number of hydrogen-bond acceptors (Lipinski definition) is 3. The van der Waals surface area contributed by atoms with Crippen LogP contribution in [0.3, 0.4) is 0 Å². The van der Waals surface area contributed by atoms with Crippen molar-refractivity contribution in [2.75, 3.05) is 25.3 Å². The molecule has 148 valence electrons. The zero-order valence-electron chi connectivity index (χ0n) is 17.0. The van der Waals surface area contributed by atoms with Crippen LogP contribution in [0.1, 0.15) is 5.56 Å². The molecule has 1 aromatic heterocycles. The molecule has 0 aliphatic heterocycles. The van der Waals surface area contributed by atoms with Crippen molar-refractivity contribution in [2.24, 2.45) is 0 Å². The van der Waals surface area contributed by atoms with Crippen molar-refractivity contribution in [3.05, 3.63) is 72.4 Å². The first-order valence-corrected chi connectivity index (χ1v) is 11.3. The molecule has 0 radical (unpaired) electrons. The van der Waals surface area contributed by atoms with E-state index in [0.717, 1.165) is 44.4 Å². The van der Waals surface area contributed by atoms with Crippen LogP contribution in [0.15, 0.2) is 71.8 Å². The van der Waals surface area contributed by atoms with Crippen molar-refractivity contribution >= 4 is 26.4 Å². The lowest BCUT2D eigenvalue weighted by molar-refractivity contribution is 0.602.